The van der Waals surface area contributed by atoms with Gasteiger partial charge in [-0.1, -0.05) is 13.8 Å². The number of hydrogen-bond donors (Lipinski definition) is 1. The van der Waals surface area contributed by atoms with Crippen LogP contribution < -0.4 is 5.73 Å². The van der Waals surface area contributed by atoms with Crippen LogP contribution in [-0.2, 0) is 12.3 Å². The molecule has 0 aliphatic rings. The summed E-state index contributed by atoms with van der Waals surface area (Å²) in [5.41, 5.74) is 5.70. The van der Waals surface area contributed by atoms with Gasteiger partial charge in [0, 0.05) is 12.6 Å². The van der Waals surface area contributed by atoms with Gasteiger partial charge < -0.3 is 5.73 Å². The van der Waals surface area contributed by atoms with E-state index in [0.29, 0.717) is 12.0 Å². The summed E-state index contributed by atoms with van der Waals surface area (Å²) in [6.45, 7) is 7.37. The van der Waals surface area contributed by atoms with Gasteiger partial charge in [-0.25, -0.2) is 9.67 Å². The topological polar surface area (TPSA) is 56.7 Å². The second-order valence-electron chi connectivity index (χ2n) is 4.57. The van der Waals surface area contributed by atoms with Crippen LogP contribution in [0.25, 0.3) is 0 Å². The van der Waals surface area contributed by atoms with Crippen molar-refractivity contribution in [3.8, 4) is 0 Å². The summed E-state index contributed by atoms with van der Waals surface area (Å²) in [4.78, 5) is 4.29. The maximum absolute atomic E-state index is 5.70. The van der Waals surface area contributed by atoms with Crippen molar-refractivity contribution in [1.82, 2.24) is 14.8 Å². The van der Waals surface area contributed by atoms with Gasteiger partial charge in [0.25, 0.3) is 0 Å². The second-order valence-corrected chi connectivity index (χ2v) is 5.68. The van der Waals surface area contributed by atoms with Gasteiger partial charge in [0.2, 0.25) is 0 Å². The lowest BCUT2D eigenvalue weighted by atomic mass is 10.2. The Morgan fingerprint density at radius 1 is 1.44 bits per heavy atom. The van der Waals surface area contributed by atoms with E-state index in [2.05, 4.69) is 23.9 Å². The van der Waals surface area contributed by atoms with Crippen molar-refractivity contribution in [2.24, 2.45) is 11.7 Å². The highest BCUT2D eigenvalue weighted by Crippen LogP contribution is 2.12. The lowest BCUT2D eigenvalue weighted by Gasteiger charge is -2.08. The molecule has 2 N–H and O–H groups in total. The predicted octanol–water partition coefficient (Wildman–Crippen LogP) is 1.90. The Morgan fingerprint density at radius 2 is 2.19 bits per heavy atom. The normalized spacial score (nSPS) is 13.3. The molecule has 0 aromatic carbocycles. The molecule has 1 rings (SSSR count). The van der Waals surface area contributed by atoms with Crippen molar-refractivity contribution in [3.05, 3.63) is 12.2 Å². The van der Waals surface area contributed by atoms with E-state index in [1.54, 1.807) is 6.33 Å². The van der Waals surface area contributed by atoms with E-state index in [4.69, 9.17) is 5.73 Å². The van der Waals surface area contributed by atoms with E-state index < -0.39 is 0 Å². The summed E-state index contributed by atoms with van der Waals surface area (Å²) < 4.78 is 2.00. The van der Waals surface area contributed by atoms with Crippen molar-refractivity contribution in [3.63, 3.8) is 0 Å². The van der Waals surface area contributed by atoms with E-state index in [0.717, 1.165) is 30.3 Å². The Morgan fingerprint density at radius 3 is 2.81 bits per heavy atom. The number of nitrogens with two attached hydrogens (primary N) is 1. The molecular formula is C11H22N4S. The van der Waals surface area contributed by atoms with Crippen LogP contribution in [0, 0.1) is 5.92 Å². The largest absolute Gasteiger partial charge is 0.328 e. The molecule has 1 aromatic rings. The maximum atomic E-state index is 5.70. The number of thioether (sulfide) groups is 1. The van der Waals surface area contributed by atoms with Crippen LogP contribution in [0.4, 0.5) is 0 Å². The molecule has 5 heteroatoms. The molecule has 4 nitrogen and oxygen atoms in total. The van der Waals surface area contributed by atoms with Gasteiger partial charge in [-0.3, -0.25) is 0 Å². The lowest BCUT2D eigenvalue weighted by molar-refractivity contribution is 0.471. The maximum Gasteiger partial charge on any atom is 0.138 e. The fourth-order valence-corrected chi connectivity index (χ4v) is 2.42. The van der Waals surface area contributed by atoms with Crippen LogP contribution in [0.15, 0.2) is 6.33 Å². The third-order valence-electron chi connectivity index (χ3n) is 2.18. The smallest absolute Gasteiger partial charge is 0.138 e. The zero-order valence-corrected chi connectivity index (χ0v) is 11.2. The van der Waals surface area contributed by atoms with E-state index in [1.165, 1.54) is 0 Å². The Hall–Kier alpha value is -0.550. The molecule has 92 valence electrons. The molecule has 0 aliphatic carbocycles. The number of rotatable bonds is 7. The fraction of sp³-hybridized carbons (Fsp3) is 0.818. The minimum absolute atomic E-state index is 0.293. The molecule has 0 bridgehead atoms. The molecule has 0 saturated carbocycles. The van der Waals surface area contributed by atoms with Crippen molar-refractivity contribution in [2.75, 3.05) is 5.75 Å². The lowest BCUT2D eigenvalue weighted by Crippen LogP contribution is -2.15. The molecule has 0 saturated heterocycles. The monoisotopic (exact) mass is 242 g/mol. The van der Waals surface area contributed by atoms with E-state index >= 15 is 0 Å². The highest BCUT2D eigenvalue weighted by atomic mass is 32.2. The van der Waals surface area contributed by atoms with Gasteiger partial charge in [-0.15, -0.1) is 0 Å². The molecule has 16 heavy (non-hydrogen) atoms. The summed E-state index contributed by atoms with van der Waals surface area (Å²) in [7, 11) is 0. The second kappa shape index (κ2) is 6.91. The van der Waals surface area contributed by atoms with Crippen molar-refractivity contribution >= 4 is 11.8 Å². The number of hydrogen-bond acceptors (Lipinski definition) is 4. The molecule has 1 atom stereocenters. The average Bonchev–Trinajstić information content (AvgIpc) is 2.59. The van der Waals surface area contributed by atoms with Crippen LogP contribution in [0.1, 0.15) is 33.0 Å². The number of aromatic nitrogens is 3. The van der Waals surface area contributed by atoms with Crippen LogP contribution >= 0.6 is 11.8 Å². The van der Waals surface area contributed by atoms with E-state index in [1.807, 2.05) is 23.4 Å². The van der Waals surface area contributed by atoms with Gasteiger partial charge in [-0.2, -0.15) is 16.9 Å². The SMILES string of the molecule is CC(C)Cn1ncnc1CSCCC(C)N. The fourth-order valence-electron chi connectivity index (χ4n) is 1.33. The summed E-state index contributed by atoms with van der Waals surface area (Å²) in [6.07, 6.45) is 2.70. The van der Waals surface area contributed by atoms with Crippen LogP contribution in [0.2, 0.25) is 0 Å². The molecule has 0 spiro atoms. The predicted molar refractivity (Wildman–Crippen MR) is 69.3 cm³/mol. The molecular weight excluding hydrogens is 220 g/mol. The van der Waals surface area contributed by atoms with Crippen molar-refractivity contribution in [1.29, 1.82) is 0 Å². The van der Waals surface area contributed by atoms with Gasteiger partial charge in [-0.05, 0) is 25.0 Å². The third kappa shape index (κ3) is 4.99. The van der Waals surface area contributed by atoms with Crippen LogP contribution in [-0.4, -0.2) is 26.6 Å². The van der Waals surface area contributed by atoms with Crippen molar-refractivity contribution in [2.45, 2.75) is 45.5 Å². The Labute approximate surface area is 102 Å². The molecule has 0 amide bonds. The molecule has 1 aromatic heterocycles. The molecule has 1 heterocycles. The molecule has 1 unspecified atom stereocenters. The van der Waals surface area contributed by atoms with Crippen molar-refractivity contribution < 1.29 is 0 Å². The Balaban J connectivity index is 2.33. The first-order chi connectivity index (χ1) is 7.59. The zero-order chi connectivity index (χ0) is 12.0. The first-order valence-corrected chi connectivity index (χ1v) is 6.95. The van der Waals surface area contributed by atoms with Gasteiger partial charge >= 0.3 is 0 Å². The number of nitrogens with zero attached hydrogens (tertiary/aromatic N) is 3. The van der Waals surface area contributed by atoms with Crippen LogP contribution in [0.3, 0.4) is 0 Å². The van der Waals surface area contributed by atoms with Crippen LogP contribution in [0.5, 0.6) is 0 Å². The highest BCUT2D eigenvalue weighted by molar-refractivity contribution is 7.98. The molecule has 0 fully saturated rings. The summed E-state index contributed by atoms with van der Waals surface area (Å²) >= 11 is 1.88. The average molecular weight is 242 g/mol. The summed E-state index contributed by atoms with van der Waals surface area (Å²) in [6, 6.07) is 0.293. The third-order valence-corrected chi connectivity index (χ3v) is 3.17. The minimum atomic E-state index is 0.293. The minimum Gasteiger partial charge on any atom is -0.328 e. The van der Waals surface area contributed by atoms with E-state index in [9.17, 15) is 0 Å². The van der Waals surface area contributed by atoms with E-state index in [-0.39, 0.29) is 0 Å². The molecule has 0 radical (unpaired) electrons. The quantitative estimate of drug-likeness (QED) is 0.742. The molecule has 0 aliphatic heterocycles. The highest BCUT2D eigenvalue weighted by Gasteiger charge is 2.06. The Kier molecular flexibility index (Phi) is 5.84. The first-order valence-electron chi connectivity index (χ1n) is 5.79. The first kappa shape index (κ1) is 13.5. The van der Waals surface area contributed by atoms with Gasteiger partial charge in [0.05, 0.1) is 5.75 Å². The summed E-state index contributed by atoms with van der Waals surface area (Å²) in [5, 5.41) is 4.24. The Bertz CT molecular complexity index is 296. The van der Waals surface area contributed by atoms with Gasteiger partial charge in [0.15, 0.2) is 0 Å². The van der Waals surface area contributed by atoms with Gasteiger partial charge in [0.1, 0.15) is 12.2 Å². The summed E-state index contributed by atoms with van der Waals surface area (Å²) in [5.74, 6) is 3.70. The standard InChI is InChI=1S/C11H22N4S/c1-9(2)6-15-11(13-8-14-15)7-16-5-4-10(3)12/h8-10H,4-7,12H2,1-3H3. The zero-order valence-electron chi connectivity index (χ0n) is 10.4.